The lowest BCUT2D eigenvalue weighted by Crippen LogP contribution is -2.50. The highest BCUT2D eigenvalue weighted by Crippen LogP contribution is 2.11. The van der Waals surface area contributed by atoms with Crippen LogP contribution < -0.4 is 0 Å². The summed E-state index contributed by atoms with van der Waals surface area (Å²) in [6.07, 6.45) is -0.144. The van der Waals surface area contributed by atoms with Crippen LogP contribution in [0.15, 0.2) is 0 Å². The minimum Gasteiger partial charge on any atom is -0.390 e. The second-order valence-electron chi connectivity index (χ2n) is 3.57. The number of rotatable bonds is 2. The summed E-state index contributed by atoms with van der Waals surface area (Å²) in [4.78, 5) is 2.15. The Morgan fingerprint density at radius 2 is 2.15 bits per heavy atom. The fourth-order valence-electron chi connectivity index (χ4n) is 1.46. The first kappa shape index (κ1) is 8.65. The van der Waals surface area contributed by atoms with Crippen LogP contribution in [0, 0.1) is 6.92 Å². The normalized spacial score (nSPS) is 19.0. The summed E-state index contributed by atoms with van der Waals surface area (Å²) < 4.78 is 1.98. The van der Waals surface area contributed by atoms with E-state index in [1.54, 1.807) is 0 Å². The van der Waals surface area contributed by atoms with Crippen molar-refractivity contribution in [3.63, 3.8) is 0 Å². The van der Waals surface area contributed by atoms with Crippen LogP contribution in [0.3, 0.4) is 0 Å². The Labute approximate surface area is 77.0 Å². The van der Waals surface area contributed by atoms with Gasteiger partial charge in [-0.25, -0.2) is 0 Å². The molecule has 0 aromatic carbocycles. The molecule has 2 heterocycles. The Morgan fingerprint density at radius 3 is 2.62 bits per heavy atom. The highest BCUT2D eigenvalue weighted by atomic mass is 16.3. The van der Waals surface area contributed by atoms with E-state index >= 15 is 0 Å². The number of aliphatic hydroxyl groups excluding tert-OH is 1. The Balaban J connectivity index is 1.98. The van der Waals surface area contributed by atoms with E-state index in [4.69, 9.17) is 5.11 Å². The topological polar surface area (TPSA) is 54.2 Å². The van der Waals surface area contributed by atoms with Gasteiger partial charge >= 0.3 is 0 Å². The lowest BCUT2D eigenvalue weighted by molar-refractivity contribution is -0.00478. The minimum absolute atomic E-state index is 0.144. The van der Waals surface area contributed by atoms with Gasteiger partial charge in [0.25, 0.3) is 0 Å². The molecule has 2 rings (SSSR count). The van der Waals surface area contributed by atoms with Crippen molar-refractivity contribution in [1.82, 2.24) is 19.7 Å². The monoisotopic (exact) mass is 182 g/mol. The summed E-state index contributed by atoms with van der Waals surface area (Å²) in [5, 5.41) is 17.1. The standard InChI is InChI=1S/C8H14N4O/c1-6-9-10-8(11(6)2)5-12-3-7(13)4-12/h7,13H,3-5H2,1-2H3. The molecular formula is C8H14N4O. The summed E-state index contributed by atoms with van der Waals surface area (Å²) in [5.74, 6) is 1.89. The predicted octanol–water partition coefficient (Wildman–Crippen LogP) is -0.700. The predicted molar refractivity (Wildman–Crippen MR) is 47.0 cm³/mol. The number of likely N-dealkylation sites (tertiary alicyclic amines) is 1. The van der Waals surface area contributed by atoms with Gasteiger partial charge in [-0.05, 0) is 6.92 Å². The van der Waals surface area contributed by atoms with Crippen molar-refractivity contribution < 1.29 is 5.11 Å². The third-order valence-electron chi connectivity index (χ3n) is 2.49. The van der Waals surface area contributed by atoms with Gasteiger partial charge < -0.3 is 9.67 Å². The molecule has 1 aromatic rings. The second kappa shape index (κ2) is 3.08. The Hall–Kier alpha value is -0.940. The zero-order chi connectivity index (χ0) is 9.42. The second-order valence-corrected chi connectivity index (χ2v) is 3.57. The lowest BCUT2D eigenvalue weighted by atomic mass is 10.2. The largest absolute Gasteiger partial charge is 0.390 e. The number of aromatic nitrogens is 3. The number of β-amino-alcohol motifs (C(OH)–C–C–N with tert-alkyl or cyclic N) is 1. The van der Waals surface area contributed by atoms with E-state index < -0.39 is 0 Å². The average Bonchev–Trinajstić information content (AvgIpc) is 2.33. The van der Waals surface area contributed by atoms with Crippen molar-refractivity contribution in [2.75, 3.05) is 13.1 Å². The summed E-state index contributed by atoms with van der Waals surface area (Å²) in [7, 11) is 1.96. The van der Waals surface area contributed by atoms with Gasteiger partial charge in [-0.1, -0.05) is 0 Å². The molecule has 0 atom stereocenters. The maximum atomic E-state index is 9.09. The number of hydrogen-bond acceptors (Lipinski definition) is 4. The molecule has 72 valence electrons. The van der Waals surface area contributed by atoms with E-state index in [1.165, 1.54) is 0 Å². The summed E-state index contributed by atoms with van der Waals surface area (Å²) in [6.45, 7) is 4.23. The Kier molecular flexibility index (Phi) is 2.05. The van der Waals surface area contributed by atoms with E-state index in [0.717, 1.165) is 31.3 Å². The van der Waals surface area contributed by atoms with E-state index in [9.17, 15) is 0 Å². The average molecular weight is 182 g/mol. The molecule has 0 spiro atoms. The summed E-state index contributed by atoms with van der Waals surface area (Å²) >= 11 is 0. The van der Waals surface area contributed by atoms with E-state index in [-0.39, 0.29) is 6.10 Å². The molecule has 1 fully saturated rings. The van der Waals surface area contributed by atoms with Crippen LogP contribution in [0.25, 0.3) is 0 Å². The lowest BCUT2D eigenvalue weighted by Gasteiger charge is -2.35. The molecule has 13 heavy (non-hydrogen) atoms. The van der Waals surface area contributed by atoms with Crippen molar-refractivity contribution in [3.8, 4) is 0 Å². The summed E-state index contributed by atoms with van der Waals surface area (Å²) in [5.41, 5.74) is 0. The van der Waals surface area contributed by atoms with Gasteiger partial charge in [-0.3, -0.25) is 4.90 Å². The molecule has 0 bridgehead atoms. The summed E-state index contributed by atoms with van der Waals surface area (Å²) in [6, 6.07) is 0. The number of hydrogen-bond donors (Lipinski definition) is 1. The van der Waals surface area contributed by atoms with Crippen molar-refractivity contribution in [2.24, 2.45) is 7.05 Å². The quantitative estimate of drug-likeness (QED) is 0.657. The molecule has 1 aliphatic heterocycles. The molecule has 5 nitrogen and oxygen atoms in total. The smallest absolute Gasteiger partial charge is 0.146 e. The van der Waals surface area contributed by atoms with Gasteiger partial charge in [0.2, 0.25) is 0 Å². The van der Waals surface area contributed by atoms with Crippen LogP contribution in [-0.4, -0.2) is 44.0 Å². The minimum atomic E-state index is -0.144. The van der Waals surface area contributed by atoms with Crippen molar-refractivity contribution in [1.29, 1.82) is 0 Å². The first-order chi connectivity index (χ1) is 6.16. The van der Waals surface area contributed by atoms with Gasteiger partial charge in [0.15, 0.2) is 0 Å². The zero-order valence-corrected chi connectivity index (χ0v) is 7.93. The van der Waals surface area contributed by atoms with Gasteiger partial charge in [-0.2, -0.15) is 0 Å². The third-order valence-corrected chi connectivity index (χ3v) is 2.49. The molecule has 1 aliphatic rings. The molecule has 1 saturated heterocycles. The number of nitrogens with zero attached hydrogens (tertiary/aromatic N) is 4. The molecule has 1 aromatic heterocycles. The first-order valence-corrected chi connectivity index (χ1v) is 4.42. The van der Waals surface area contributed by atoms with E-state index in [0.29, 0.717) is 0 Å². The van der Waals surface area contributed by atoms with Crippen molar-refractivity contribution in [2.45, 2.75) is 19.6 Å². The van der Waals surface area contributed by atoms with Crippen LogP contribution in [0.4, 0.5) is 0 Å². The van der Waals surface area contributed by atoms with Crippen LogP contribution in [0.5, 0.6) is 0 Å². The molecule has 0 radical (unpaired) electrons. The van der Waals surface area contributed by atoms with Crippen LogP contribution in [0.1, 0.15) is 11.6 Å². The van der Waals surface area contributed by atoms with E-state index in [1.807, 2.05) is 18.5 Å². The molecule has 1 N–H and O–H groups in total. The zero-order valence-electron chi connectivity index (χ0n) is 7.93. The molecule has 5 heteroatoms. The fraction of sp³-hybridized carbons (Fsp3) is 0.750. The highest BCUT2D eigenvalue weighted by Gasteiger charge is 2.25. The van der Waals surface area contributed by atoms with Gasteiger partial charge in [-0.15, -0.1) is 10.2 Å². The van der Waals surface area contributed by atoms with Crippen LogP contribution in [-0.2, 0) is 13.6 Å². The van der Waals surface area contributed by atoms with Gasteiger partial charge in [0.05, 0.1) is 12.6 Å². The van der Waals surface area contributed by atoms with Gasteiger partial charge in [0, 0.05) is 20.1 Å². The molecule has 0 amide bonds. The Bertz CT molecular complexity index is 303. The molecular weight excluding hydrogens is 168 g/mol. The SMILES string of the molecule is Cc1nnc(CN2CC(O)C2)n1C. The number of aliphatic hydroxyl groups is 1. The maximum Gasteiger partial charge on any atom is 0.146 e. The van der Waals surface area contributed by atoms with Crippen molar-refractivity contribution >= 4 is 0 Å². The van der Waals surface area contributed by atoms with Crippen LogP contribution in [0.2, 0.25) is 0 Å². The fourth-order valence-corrected chi connectivity index (χ4v) is 1.46. The highest BCUT2D eigenvalue weighted by molar-refractivity contribution is 4.94. The molecule has 0 unspecified atom stereocenters. The third kappa shape index (κ3) is 1.57. The molecule has 0 aliphatic carbocycles. The molecule has 0 saturated carbocycles. The van der Waals surface area contributed by atoms with Crippen molar-refractivity contribution in [3.05, 3.63) is 11.6 Å². The van der Waals surface area contributed by atoms with Gasteiger partial charge in [0.1, 0.15) is 11.6 Å². The number of aryl methyl sites for hydroxylation is 1. The Morgan fingerprint density at radius 1 is 1.46 bits per heavy atom. The van der Waals surface area contributed by atoms with Crippen LogP contribution >= 0.6 is 0 Å². The van der Waals surface area contributed by atoms with E-state index in [2.05, 4.69) is 15.1 Å². The maximum absolute atomic E-state index is 9.09. The first-order valence-electron chi connectivity index (χ1n) is 4.42.